The standard InChI is InChI=1S/C18H19Br2F3O9S/c1-4-17(2,3)16(26)30-7-13(24)32-14-10(5-9(19)6-11(14)20)15(25)31-12(18(21,22)23)8-33(27,28)29/h5-6,12H,4,7-8H2,1-3H3,(H,27,28,29). The van der Waals surface area contributed by atoms with Gasteiger partial charge in [-0.05, 0) is 48.3 Å². The number of carbonyl (C=O) groups is 3. The molecule has 0 radical (unpaired) electrons. The molecule has 0 aliphatic rings. The SMILES string of the molecule is CCC(C)(C)C(=O)OCC(=O)Oc1c(Br)cc(Br)cc1C(=O)OC(CS(=O)(=O)O)C(F)(F)F. The van der Waals surface area contributed by atoms with Crippen LogP contribution in [0.25, 0.3) is 0 Å². The van der Waals surface area contributed by atoms with Crippen LogP contribution in [0.4, 0.5) is 13.2 Å². The van der Waals surface area contributed by atoms with Crippen molar-refractivity contribution in [2.45, 2.75) is 39.5 Å². The van der Waals surface area contributed by atoms with Crippen LogP contribution in [0.15, 0.2) is 21.1 Å². The van der Waals surface area contributed by atoms with Gasteiger partial charge in [0.15, 0.2) is 12.4 Å². The summed E-state index contributed by atoms with van der Waals surface area (Å²) in [4.78, 5) is 36.5. The maximum absolute atomic E-state index is 13.1. The van der Waals surface area contributed by atoms with Gasteiger partial charge < -0.3 is 14.2 Å². The van der Waals surface area contributed by atoms with Gasteiger partial charge in [-0.1, -0.05) is 22.9 Å². The molecule has 0 aromatic heterocycles. The van der Waals surface area contributed by atoms with E-state index in [9.17, 15) is 36.0 Å². The molecule has 1 unspecified atom stereocenters. The number of esters is 3. The minimum atomic E-state index is -5.33. The van der Waals surface area contributed by atoms with Crippen LogP contribution in [-0.4, -0.2) is 55.5 Å². The molecule has 0 aliphatic heterocycles. The fraction of sp³-hybridized carbons (Fsp3) is 0.500. The smallest absolute Gasteiger partial charge is 0.426 e. The van der Waals surface area contributed by atoms with Crippen LogP contribution in [0, 0.1) is 5.41 Å². The lowest BCUT2D eigenvalue weighted by Crippen LogP contribution is -2.39. The first-order valence-electron chi connectivity index (χ1n) is 8.97. The predicted molar refractivity (Wildman–Crippen MR) is 114 cm³/mol. The van der Waals surface area contributed by atoms with Crippen LogP contribution in [0.1, 0.15) is 37.6 Å². The van der Waals surface area contributed by atoms with E-state index in [-0.39, 0.29) is 8.95 Å². The van der Waals surface area contributed by atoms with Crippen molar-refractivity contribution < 1.29 is 54.7 Å². The lowest BCUT2D eigenvalue weighted by atomic mass is 9.91. The van der Waals surface area contributed by atoms with E-state index in [4.69, 9.17) is 14.0 Å². The number of carbonyl (C=O) groups excluding carboxylic acids is 3. The Morgan fingerprint density at radius 1 is 1.15 bits per heavy atom. The summed E-state index contributed by atoms with van der Waals surface area (Å²) in [5, 5.41) is 0. The van der Waals surface area contributed by atoms with E-state index in [0.29, 0.717) is 6.42 Å². The molecule has 1 N–H and O–H groups in total. The number of ether oxygens (including phenoxy) is 3. The van der Waals surface area contributed by atoms with E-state index in [1.165, 1.54) is 6.07 Å². The zero-order valence-corrected chi connectivity index (χ0v) is 21.4. The molecule has 1 aromatic rings. The molecule has 0 spiro atoms. The first kappa shape index (κ1) is 29.3. The van der Waals surface area contributed by atoms with Crippen LogP contribution >= 0.6 is 31.9 Å². The number of benzene rings is 1. The topological polar surface area (TPSA) is 133 Å². The second-order valence-electron chi connectivity index (χ2n) is 7.24. The van der Waals surface area contributed by atoms with E-state index >= 15 is 0 Å². The average Bonchev–Trinajstić information content (AvgIpc) is 2.65. The Kier molecular flexibility index (Phi) is 9.90. The zero-order chi connectivity index (χ0) is 25.8. The highest BCUT2D eigenvalue weighted by Gasteiger charge is 2.46. The molecule has 0 heterocycles. The van der Waals surface area contributed by atoms with Gasteiger partial charge in [0, 0.05) is 4.47 Å². The quantitative estimate of drug-likeness (QED) is 0.244. The molecule has 1 atom stereocenters. The van der Waals surface area contributed by atoms with Crippen LogP contribution in [0.5, 0.6) is 5.75 Å². The molecule has 0 saturated heterocycles. The minimum Gasteiger partial charge on any atom is -0.453 e. The van der Waals surface area contributed by atoms with Crippen molar-refractivity contribution >= 4 is 59.9 Å². The Morgan fingerprint density at radius 3 is 2.21 bits per heavy atom. The Hall–Kier alpha value is -1.71. The third kappa shape index (κ3) is 9.22. The van der Waals surface area contributed by atoms with Gasteiger partial charge in [-0.3, -0.25) is 9.35 Å². The maximum atomic E-state index is 13.1. The molecule has 186 valence electrons. The van der Waals surface area contributed by atoms with Gasteiger partial charge in [0.05, 0.1) is 9.89 Å². The largest absolute Gasteiger partial charge is 0.453 e. The molecule has 0 amide bonds. The van der Waals surface area contributed by atoms with E-state index in [2.05, 4.69) is 36.6 Å². The fourth-order valence-electron chi connectivity index (χ4n) is 2.00. The minimum absolute atomic E-state index is 0.0595. The van der Waals surface area contributed by atoms with E-state index in [0.717, 1.165) is 6.07 Å². The van der Waals surface area contributed by atoms with Crippen molar-refractivity contribution in [3.05, 3.63) is 26.6 Å². The van der Waals surface area contributed by atoms with Crippen LogP contribution in [0.2, 0.25) is 0 Å². The number of halogens is 5. The monoisotopic (exact) mass is 626 g/mol. The Morgan fingerprint density at radius 2 is 1.73 bits per heavy atom. The van der Waals surface area contributed by atoms with Crippen molar-refractivity contribution in [2.75, 3.05) is 12.4 Å². The summed E-state index contributed by atoms with van der Waals surface area (Å²) in [5.74, 6) is -6.05. The first-order valence-corrected chi connectivity index (χ1v) is 12.2. The van der Waals surface area contributed by atoms with Gasteiger partial charge in [0.1, 0.15) is 11.3 Å². The Balaban J connectivity index is 3.15. The van der Waals surface area contributed by atoms with E-state index in [1.807, 2.05) is 0 Å². The Bertz CT molecular complexity index is 1020. The molecule has 1 rings (SSSR count). The maximum Gasteiger partial charge on any atom is 0.426 e. The highest BCUT2D eigenvalue weighted by Crippen LogP contribution is 2.35. The second kappa shape index (κ2) is 11.1. The lowest BCUT2D eigenvalue weighted by Gasteiger charge is -2.21. The van der Waals surface area contributed by atoms with Crippen molar-refractivity contribution in [3.63, 3.8) is 0 Å². The molecule has 15 heteroatoms. The number of alkyl halides is 3. The van der Waals surface area contributed by atoms with Gasteiger partial charge in [0.25, 0.3) is 10.1 Å². The molecule has 0 fully saturated rings. The van der Waals surface area contributed by atoms with Gasteiger partial charge in [-0.25, -0.2) is 9.59 Å². The molecule has 33 heavy (non-hydrogen) atoms. The summed E-state index contributed by atoms with van der Waals surface area (Å²) in [7, 11) is -5.16. The van der Waals surface area contributed by atoms with Gasteiger partial charge in [0.2, 0.25) is 6.10 Å². The molecular weight excluding hydrogens is 609 g/mol. The highest BCUT2D eigenvalue weighted by molar-refractivity contribution is 9.11. The summed E-state index contributed by atoms with van der Waals surface area (Å²) in [6.07, 6.45) is -8.11. The Labute approximate surface area is 203 Å². The van der Waals surface area contributed by atoms with Crippen LogP contribution in [0.3, 0.4) is 0 Å². The summed E-state index contributed by atoms with van der Waals surface area (Å²) < 4.78 is 84.0. The predicted octanol–water partition coefficient (Wildman–Crippen LogP) is 4.07. The van der Waals surface area contributed by atoms with Gasteiger partial charge in [-0.2, -0.15) is 21.6 Å². The normalized spacial score (nSPS) is 13.2. The van der Waals surface area contributed by atoms with E-state index < -0.39 is 69.4 Å². The lowest BCUT2D eigenvalue weighted by molar-refractivity contribution is -0.197. The third-order valence-electron chi connectivity index (χ3n) is 4.18. The van der Waals surface area contributed by atoms with Crippen molar-refractivity contribution in [2.24, 2.45) is 5.41 Å². The first-order chi connectivity index (χ1) is 14.9. The average molecular weight is 628 g/mol. The van der Waals surface area contributed by atoms with Crippen LogP contribution in [-0.2, 0) is 29.2 Å². The van der Waals surface area contributed by atoms with E-state index in [1.54, 1.807) is 20.8 Å². The highest BCUT2D eigenvalue weighted by atomic mass is 79.9. The van der Waals surface area contributed by atoms with Crippen LogP contribution < -0.4 is 4.74 Å². The molecule has 9 nitrogen and oxygen atoms in total. The van der Waals surface area contributed by atoms with Crippen molar-refractivity contribution in [1.82, 2.24) is 0 Å². The summed E-state index contributed by atoms with van der Waals surface area (Å²) in [6.45, 7) is 4.05. The summed E-state index contributed by atoms with van der Waals surface area (Å²) in [6, 6.07) is 2.26. The molecule has 0 saturated carbocycles. The van der Waals surface area contributed by atoms with Gasteiger partial charge in [-0.15, -0.1) is 0 Å². The van der Waals surface area contributed by atoms with Gasteiger partial charge >= 0.3 is 24.1 Å². The molecule has 0 bridgehead atoms. The van der Waals surface area contributed by atoms with Crippen molar-refractivity contribution in [3.8, 4) is 5.75 Å². The summed E-state index contributed by atoms with van der Waals surface area (Å²) >= 11 is 6.00. The number of hydrogen-bond donors (Lipinski definition) is 1. The zero-order valence-electron chi connectivity index (χ0n) is 17.4. The molecule has 1 aromatic carbocycles. The summed E-state index contributed by atoms with van der Waals surface area (Å²) in [5.41, 5.74) is -1.57. The molecule has 0 aliphatic carbocycles. The van der Waals surface area contributed by atoms with Crippen molar-refractivity contribution in [1.29, 1.82) is 0 Å². The number of hydrogen-bond acceptors (Lipinski definition) is 8. The molecular formula is C18H19Br2F3O9S. The number of rotatable bonds is 9. The second-order valence-corrected chi connectivity index (χ2v) is 10.5. The fourth-order valence-corrected chi connectivity index (χ4v) is 3.95. The third-order valence-corrected chi connectivity index (χ3v) is 5.95.